The van der Waals surface area contributed by atoms with Gasteiger partial charge in [0.05, 0.1) is 12.0 Å². The van der Waals surface area contributed by atoms with Crippen LogP contribution in [0.25, 0.3) is 5.70 Å². The molecule has 1 amide bonds. The van der Waals surface area contributed by atoms with Crippen molar-refractivity contribution in [3.63, 3.8) is 0 Å². The van der Waals surface area contributed by atoms with Gasteiger partial charge in [-0.3, -0.25) is 10.2 Å². The summed E-state index contributed by atoms with van der Waals surface area (Å²) < 4.78 is 5.42. The van der Waals surface area contributed by atoms with Gasteiger partial charge in [-0.25, -0.2) is 5.01 Å². The first-order valence-corrected chi connectivity index (χ1v) is 7.19. The van der Waals surface area contributed by atoms with Crippen LogP contribution in [-0.2, 0) is 4.79 Å². The van der Waals surface area contributed by atoms with Crippen LogP contribution in [0.3, 0.4) is 0 Å². The molecule has 1 aromatic heterocycles. The SMILES string of the molecule is Cc1ccc(C2=C[C@@H](c3ccco3)N(C(=O)CCl)N2)cc1. The molecular formula is C16H15ClN2O2. The second kappa shape index (κ2) is 5.66. The lowest BCUT2D eigenvalue weighted by atomic mass is 10.1. The zero-order valence-corrected chi connectivity index (χ0v) is 12.3. The van der Waals surface area contributed by atoms with Gasteiger partial charge >= 0.3 is 0 Å². The fourth-order valence-electron chi connectivity index (χ4n) is 2.31. The van der Waals surface area contributed by atoms with E-state index < -0.39 is 0 Å². The van der Waals surface area contributed by atoms with Crippen molar-refractivity contribution >= 4 is 23.2 Å². The Morgan fingerprint density at radius 3 is 2.71 bits per heavy atom. The monoisotopic (exact) mass is 302 g/mol. The number of halogens is 1. The summed E-state index contributed by atoms with van der Waals surface area (Å²) in [7, 11) is 0. The van der Waals surface area contributed by atoms with Gasteiger partial charge in [0, 0.05) is 0 Å². The zero-order chi connectivity index (χ0) is 14.8. The number of hydrazine groups is 1. The normalized spacial score (nSPS) is 17.5. The number of rotatable bonds is 3. The quantitative estimate of drug-likeness (QED) is 0.885. The first kappa shape index (κ1) is 13.8. The molecule has 2 heterocycles. The van der Waals surface area contributed by atoms with Crippen molar-refractivity contribution in [1.29, 1.82) is 0 Å². The Labute approximate surface area is 128 Å². The zero-order valence-electron chi connectivity index (χ0n) is 11.5. The number of nitrogens with zero attached hydrogens (tertiary/aromatic N) is 1. The molecule has 1 N–H and O–H groups in total. The lowest BCUT2D eigenvalue weighted by molar-refractivity contribution is -0.132. The molecular weight excluding hydrogens is 288 g/mol. The van der Waals surface area contributed by atoms with Crippen LogP contribution in [0.1, 0.15) is 22.9 Å². The third-order valence-electron chi connectivity index (χ3n) is 3.42. The molecule has 5 heteroatoms. The summed E-state index contributed by atoms with van der Waals surface area (Å²) >= 11 is 5.69. The molecule has 108 valence electrons. The molecule has 0 spiro atoms. The van der Waals surface area contributed by atoms with E-state index >= 15 is 0 Å². The molecule has 0 radical (unpaired) electrons. The minimum absolute atomic E-state index is 0.0841. The topological polar surface area (TPSA) is 45.5 Å². The van der Waals surface area contributed by atoms with Crippen molar-refractivity contribution in [3.05, 3.63) is 65.6 Å². The average Bonchev–Trinajstić information content (AvgIpc) is 3.16. The Kier molecular flexibility index (Phi) is 3.71. The first-order chi connectivity index (χ1) is 10.2. The van der Waals surface area contributed by atoms with Crippen LogP contribution < -0.4 is 5.43 Å². The van der Waals surface area contributed by atoms with Crippen LogP contribution in [0, 0.1) is 6.92 Å². The first-order valence-electron chi connectivity index (χ1n) is 6.66. The van der Waals surface area contributed by atoms with Crippen molar-refractivity contribution in [2.24, 2.45) is 0 Å². The summed E-state index contributed by atoms with van der Waals surface area (Å²) in [5, 5.41) is 1.50. The Bertz CT molecular complexity index is 662. The van der Waals surface area contributed by atoms with Crippen LogP contribution in [0.15, 0.2) is 53.2 Å². The number of furan rings is 1. The highest BCUT2D eigenvalue weighted by molar-refractivity contribution is 6.27. The molecule has 0 saturated carbocycles. The molecule has 0 aliphatic carbocycles. The predicted molar refractivity (Wildman–Crippen MR) is 81.3 cm³/mol. The minimum Gasteiger partial charge on any atom is -0.467 e. The minimum atomic E-state index is -0.289. The lowest BCUT2D eigenvalue weighted by Gasteiger charge is -2.23. The van der Waals surface area contributed by atoms with Gasteiger partial charge in [0.2, 0.25) is 0 Å². The smallest absolute Gasteiger partial charge is 0.256 e. The molecule has 21 heavy (non-hydrogen) atoms. The maximum Gasteiger partial charge on any atom is 0.256 e. The van der Waals surface area contributed by atoms with Gasteiger partial charge in [-0.15, -0.1) is 11.6 Å². The van der Waals surface area contributed by atoms with Gasteiger partial charge in [0.1, 0.15) is 17.7 Å². The maximum atomic E-state index is 12.0. The Morgan fingerprint density at radius 1 is 1.33 bits per heavy atom. The molecule has 1 aliphatic rings. The van der Waals surface area contributed by atoms with Crippen LogP contribution in [0.2, 0.25) is 0 Å². The highest BCUT2D eigenvalue weighted by Gasteiger charge is 2.31. The van der Waals surface area contributed by atoms with Crippen LogP contribution in [0.5, 0.6) is 0 Å². The van der Waals surface area contributed by atoms with E-state index in [1.165, 1.54) is 10.6 Å². The summed E-state index contributed by atoms with van der Waals surface area (Å²) in [6.45, 7) is 2.04. The lowest BCUT2D eigenvalue weighted by Crippen LogP contribution is -2.40. The molecule has 1 aliphatic heterocycles. The molecule has 0 fully saturated rings. The number of carbonyl (C=O) groups excluding carboxylic acids is 1. The van der Waals surface area contributed by atoms with E-state index in [2.05, 4.69) is 5.43 Å². The highest BCUT2D eigenvalue weighted by Crippen LogP contribution is 2.31. The van der Waals surface area contributed by atoms with E-state index in [4.69, 9.17) is 16.0 Å². The standard InChI is InChI=1S/C16H15ClN2O2/c1-11-4-6-12(7-5-11)13-9-14(15-3-2-8-21-15)19(18-13)16(20)10-17/h2-9,14,18H,10H2,1H3/t14-/m0/s1. The number of amides is 1. The number of hydrogen-bond acceptors (Lipinski definition) is 3. The van der Waals surface area contributed by atoms with Gasteiger partial charge in [-0.1, -0.05) is 29.8 Å². The summed E-state index contributed by atoms with van der Waals surface area (Å²) in [4.78, 5) is 12.0. The van der Waals surface area contributed by atoms with Gasteiger partial charge in [-0.2, -0.15) is 0 Å². The summed E-state index contributed by atoms with van der Waals surface area (Å²) in [5.41, 5.74) is 6.19. The summed E-state index contributed by atoms with van der Waals surface area (Å²) in [5.74, 6) is 0.415. The van der Waals surface area contributed by atoms with Crippen LogP contribution in [-0.4, -0.2) is 16.8 Å². The number of hydrogen-bond donors (Lipinski definition) is 1. The second-order valence-electron chi connectivity index (χ2n) is 4.92. The van der Waals surface area contributed by atoms with E-state index in [-0.39, 0.29) is 17.8 Å². The van der Waals surface area contributed by atoms with Crippen molar-refractivity contribution in [2.75, 3.05) is 5.88 Å². The Balaban J connectivity index is 1.94. The molecule has 0 unspecified atom stereocenters. The van der Waals surface area contributed by atoms with Gasteiger partial charge in [0.15, 0.2) is 0 Å². The Hall–Kier alpha value is -2.20. The van der Waals surface area contributed by atoms with Crippen molar-refractivity contribution < 1.29 is 9.21 Å². The van der Waals surface area contributed by atoms with Crippen molar-refractivity contribution in [2.45, 2.75) is 13.0 Å². The van der Waals surface area contributed by atoms with Crippen molar-refractivity contribution in [3.8, 4) is 0 Å². The highest BCUT2D eigenvalue weighted by atomic mass is 35.5. The number of alkyl halides is 1. The number of aryl methyl sites for hydroxylation is 1. The molecule has 0 bridgehead atoms. The second-order valence-corrected chi connectivity index (χ2v) is 5.18. The molecule has 2 aromatic rings. The number of carbonyl (C=O) groups is 1. The van der Waals surface area contributed by atoms with Gasteiger partial charge < -0.3 is 4.42 Å². The van der Waals surface area contributed by atoms with Crippen LogP contribution in [0.4, 0.5) is 0 Å². The maximum absolute atomic E-state index is 12.0. The van der Waals surface area contributed by atoms with E-state index in [1.807, 2.05) is 43.3 Å². The molecule has 4 nitrogen and oxygen atoms in total. The molecule has 1 atom stereocenters. The fourth-order valence-corrected chi connectivity index (χ4v) is 2.44. The van der Waals surface area contributed by atoms with Gasteiger partial charge in [0.25, 0.3) is 5.91 Å². The van der Waals surface area contributed by atoms with E-state index in [0.29, 0.717) is 5.76 Å². The predicted octanol–water partition coefficient (Wildman–Crippen LogP) is 3.26. The number of nitrogens with one attached hydrogen (secondary N) is 1. The molecule has 0 saturated heterocycles. The Morgan fingerprint density at radius 2 is 2.10 bits per heavy atom. The fraction of sp³-hybridized carbons (Fsp3) is 0.188. The van der Waals surface area contributed by atoms with Crippen LogP contribution >= 0.6 is 11.6 Å². The molecule has 1 aromatic carbocycles. The summed E-state index contributed by atoms with van der Waals surface area (Å²) in [6.07, 6.45) is 3.56. The number of benzene rings is 1. The van der Waals surface area contributed by atoms with Gasteiger partial charge in [-0.05, 0) is 30.7 Å². The van der Waals surface area contributed by atoms with Crippen molar-refractivity contribution in [1.82, 2.24) is 10.4 Å². The molecule has 3 rings (SSSR count). The van der Waals surface area contributed by atoms with E-state index in [9.17, 15) is 4.79 Å². The average molecular weight is 303 g/mol. The summed E-state index contributed by atoms with van der Waals surface area (Å²) in [6, 6.07) is 11.5. The third kappa shape index (κ3) is 2.67. The largest absolute Gasteiger partial charge is 0.467 e. The van der Waals surface area contributed by atoms with E-state index in [0.717, 1.165) is 11.3 Å². The third-order valence-corrected chi connectivity index (χ3v) is 3.65. The van der Waals surface area contributed by atoms with E-state index in [1.54, 1.807) is 12.3 Å².